The van der Waals surface area contributed by atoms with Crippen LogP contribution in [0, 0.1) is 11.8 Å². The number of hydrogen-bond donors (Lipinski definition) is 2. The fourth-order valence-electron chi connectivity index (χ4n) is 1.51. The van der Waals surface area contributed by atoms with Gasteiger partial charge in [0.15, 0.2) is 0 Å². The molecule has 1 aliphatic carbocycles. The van der Waals surface area contributed by atoms with E-state index in [-0.39, 0.29) is 0 Å². The predicted molar refractivity (Wildman–Crippen MR) is 35.0 cm³/mol. The summed E-state index contributed by atoms with van der Waals surface area (Å²) in [6.07, 6.45) is 3.22. The number of hydrogen-bond acceptors (Lipinski definition) is 2. The average molecular weight is 130 g/mol. The summed E-state index contributed by atoms with van der Waals surface area (Å²) in [6.45, 7) is 0.604. The van der Waals surface area contributed by atoms with Gasteiger partial charge in [-0.05, 0) is 31.1 Å². The predicted octanol–water partition coefficient (Wildman–Crippen LogP) is 0.387. The third-order valence-electron chi connectivity index (χ3n) is 2.17. The van der Waals surface area contributed by atoms with Crippen LogP contribution in [0.15, 0.2) is 0 Å². The summed E-state index contributed by atoms with van der Waals surface area (Å²) in [6, 6.07) is 0. The second kappa shape index (κ2) is 3.18. The van der Waals surface area contributed by atoms with E-state index in [1.807, 2.05) is 0 Å². The van der Waals surface area contributed by atoms with E-state index < -0.39 is 0 Å². The van der Waals surface area contributed by atoms with Crippen molar-refractivity contribution in [2.75, 3.05) is 13.2 Å². The molecule has 0 aromatic rings. The van der Waals surface area contributed by atoms with Crippen molar-refractivity contribution in [2.24, 2.45) is 11.8 Å². The normalized spacial score (nSPS) is 35.3. The Bertz CT molecular complexity index is 73.0. The van der Waals surface area contributed by atoms with E-state index in [0.29, 0.717) is 25.0 Å². The van der Waals surface area contributed by atoms with E-state index >= 15 is 0 Å². The molecule has 54 valence electrons. The van der Waals surface area contributed by atoms with E-state index in [2.05, 4.69) is 0 Å². The van der Waals surface area contributed by atoms with Crippen molar-refractivity contribution in [2.45, 2.75) is 19.3 Å². The lowest BCUT2D eigenvalue weighted by atomic mass is 10.1. The molecule has 0 aromatic heterocycles. The molecule has 0 bridgehead atoms. The first-order valence-corrected chi connectivity index (χ1v) is 3.58. The van der Waals surface area contributed by atoms with Crippen LogP contribution in [0.4, 0.5) is 0 Å². The van der Waals surface area contributed by atoms with Gasteiger partial charge in [0.05, 0.1) is 0 Å². The van der Waals surface area contributed by atoms with Crippen LogP contribution in [-0.4, -0.2) is 23.4 Å². The summed E-state index contributed by atoms with van der Waals surface area (Å²) in [4.78, 5) is 0. The summed E-state index contributed by atoms with van der Waals surface area (Å²) in [5.74, 6) is 0.948. The maximum atomic E-state index is 8.70. The molecule has 2 heteroatoms. The highest BCUT2D eigenvalue weighted by Crippen LogP contribution is 2.29. The Kier molecular flexibility index (Phi) is 2.49. The van der Waals surface area contributed by atoms with Gasteiger partial charge in [-0.2, -0.15) is 0 Å². The zero-order valence-electron chi connectivity index (χ0n) is 5.58. The van der Waals surface area contributed by atoms with Crippen LogP contribution in [0.2, 0.25) is 0 Å². The Morgan fingerprint density at radius 3 is 1.67 bits per heavy atom. The summed E-state index contributed by atoms with van der Waals surface area (Å²) in [5.41, 5.74) is 0. The van der Waals surface area contributed by atoms with Crippen LogP contribution in [-0.2, 0) is 0 Å². The molecule has 1 unspecified atom stereocenters. The zero-order valence-corrected chi connectivity index (χ0v) is 5.58. The van der Waals surface area contributed by atoms with Crippen molar-refractivity contribution in [3.8, 4) is 0 Å². The van der Waals surface area contributed by atoms with E-state index in [4.69, 9.17) is 10.2 Å². The molecular weight excluding hydrogens is 116 g/mol. The van der Waals surface area contributed by atoms with Gasteiger partial charge in [-0.1, -0.05) is 0 Å². The van der Waals surface area contributed by atoms with Crippen LogP contribution >= 0.6 is 0 Å². The minimum absolute atomic E-state index is 0.302. The van der Waals surface area contributed by atoms with Gasteiger partial charge >= 0.3 is 0 Å². The SMILES string of the molecule is OCC1CC[C@H](CO)C1. The zero-order chi connectivity index (χ0) is 6.69. The average Bonchev–Trinajstić information content (AvgIpc) is 2.34. The van der Waals surface area contributed by atoms with Gasteiger partial charge in [0.1, 0.15) is 0 Å². The molecule has 1 aliphatic rings. The Balaban J connectivity index is 2.20. The summed E-state index contributed by atoms with van der Waals surface area (Å²) < 4.78 is 0. The van der Waals surface area contributed by atoms with E-state index in [1.165, 1.54) is 0 Å². The molecule has 0 radical (unpaired) electrons. The summed E-state index contributed by atoms with van der Waals surface area (Å²) in [7, 11) is 0. The smallest absolute Gasteiger partial charge is 0.0459 e. The van der Waals surface area contributed by atoms with E-state index in [9.17, 15) is 0 Å². The van der Waals surface area contributed by atoms with Gasteiger partial charge in [0.2, 0.25) is 0 Å². The third-order valence-corrected chi connectivity index (χ3v) is 2.17. The Morgan fingerprint density at radius 1 is 1.00 bits per heavy atom. The minimum atomic E-state index is 0.302. The Morgan fingerprint density at radius 2 is 1.44 bits per heavy atom. The topological polar surface area (TPSA) is 40.5 Å². The molecule has 2 N–H and O–H groups in total. The van der Waals surface area contributed by atoms with E-state index in [0.717, 1.165) is 19.3 Å². The fourth-order valence-corrected chi connectivity index (χ4v) is 1.51. The molecule has 9 heavy (non-hydrogen) atoms. The molecule has 0 aliphatic heterocycles. The Hall–Kier alpha value is -0.0800. The molecule has 1 fully saturated rings. The van der Waals surface area contributed by atoms with Crippen LogP contribution < -0.4 is 0 Å². The van der Waals surface area contributed by atoms with E-state index in [1.54, 1.807) is 0 Å². The molecule has 2 nitrogen and oxygen atoms in total. The lowest BCUT2D eigenvalue weighted by molar-refractivity contribution is 0.202. The first kappa shape index (κ1) is 7.03. The molecule has 0 heterocycles. The molecule has 1 saturated carbocycles. The molecule has 0 amide bonds. The van der Waals surface area contributed by atoms with Crippen LogP contribution in [0.25, 0.3) is 0 Å². The molecule has 0 spiro atoms. The molecular formula is C7H14O2. The molecule has 0 aromatic carbocycles. The van der Waals surface area contributed by atoms with Crippen molar-refractivity contribution in [3.63, 3.8) is 0 Å². The third kappa shape index (κ3) is 1.66. The van der Waals surface area contributed by atoms with Crippen molar-refractivity contribution in [1.29, 1.82) is 0 Å². The maximum Gasteiger partial charge on any atom is 0.0459 e. The van der Waals surface area contributed by atoms with Crippen molar-refractivity contribution >= 4 is 0 Å². The highest BCUT2D eigenvalue weighted by Gasteiger charge is 2.22. The highest BCUT2D eigenvalue weighted by molar-refractivity contribution is 4.73. The van der Waals surface area contributed by atoms with Gasteiger partial charge < -0.3 is 10.2 Å². The van der Waals surface area contributed by atoms with Crippen LogP contribution in [0.3, 0.4) is 0 Å². The number of rotatable bonds is 2. The molecule has 2 atom stereocenters. The van der Waals surface area contributed by atoms with Gasteiger partial charge in [-0.3, -0.25) is 0 Å². The van der Waals surface area contributed by atoms with Crippen molar-refractivity contribution in [1.82, 2.24) is 0 Å². The van der Waals surface area contributed by atoms with Crippen molar-refractivity contribution < 1.29 is 10.2 Å². The number of aliphatic hydroxyl groups is 2. The monoisotopic (exact) mass is 130 g/mol. The first-order valence-electron chi connectivity index (χ1n) is 3.58. The minimum Gasteiger partial charge on any atom is -0.396 e. The van der Waals surface area contributed by atoms with Crippen LogP contribution in [0.1, 0.15) is 19.3 Å². The second-order valence-corrected chi connectivity index (χ2v) is 2.91. The highest BCUT2D eigenvalue weighted by atomic mass is 16.3. The standard InChI is InChI=1S/C7H14O2/c8-4-6-1-2-7(3-6)5-9/h6-9H,1-5H2/t6-,7?/m0/s1. The largest absolute Gasteiger partial charge is 0.396 e. The first-order chi connectivity index (χ1) is 4.36. The number of aliphatic hydroxyl groups excluding tert-OH is 2. The lowest BCUT2D eigenvalue weighted by Gasteiger charge is -2.03. The van der Waals surface area contributed by atoms with Crippen LogP contribution in [0.5, 0.6) is 0 Å². The maximum absolute atomic E-state index is 8.70. The van der Waals surface area contributed by atoms with Gasteiger partial charge in [0, 0.05) is 13.2 Å². The molecule has 0 saturated heterocycles. The lowest BCUT2D eigenvalue weighted by Crippen LogP contribution is -2.03. The quantitative estimate of drug-likeness (QED) is 0.567. The second-order valence-electron chi connectivity index (χ2n) is 2.91. The molecule has 1 rings (SSSR count). The van der Waals surface area contributed by atoms with Crippen molar-refractivity contribution in [3.05, 3.63) is 0 Å². The van der Waals surface area contributed by atoms with Gasteiger partial charge in [0.25, 0.3) is 0 Å². The fraction of sp³-hybridized carbons (Fsp3) is 1.00. The summed E-state index contributed by atoms with van der Waals surface area (Å²) >= 11 is 0. The summed E-state index contributed by atoms with van der Waals surface area (Å²) in [5, 5.41) is 17.4. The Labute approximate surface area is 55.5 Å². The van der Waals surface area contributed by atoms with Gasteiger partial charge in [-0.15, -0.1) is 0 Å². The van der Waals surface area contributed by atoms with Gasteiger partial charge in [-0.25, -0.2) is 0 Å².